The lowest BCUT2D eigenvalue weighted by atomic mass is 10.1. The average Bonchev–Trinajstić information content (AvgIpc) is 2.58. The van der Waals surface area contributed by atoms with Gasteiger partial charge in [-0.15, -0.1) is 0 Å². The maximum absolute atomic E-state index is 11.7. The van der Waals surface area contributed by atoms with Crippen LogP contribution in [0.25, 0.3) is 10.9 Å². The Morgan fingerprint density at radius 3 is 2.46 bits per heavy atom. The Balaban J connectivity index is 2.07. The molecule has 2 rings (SSSR count). The molecule has 1 heterocycles. The summed E-state index contributed by atoms with van der Waals surface area (Å²) < 4.78 is 22.9. The third kappa shape index (κ3) is 4.81. The first kappa shape index (κ1) is 18.0. The lowest BCUT2D eigenvalue weighted by Crippen LogP contribution is -2.40. The second-order valence-corrected chi connectivity index (χ2v) is 7.65. The van der Waals surface area contributed by atoms with Crippen molar-refractivity contribution in [1.82, 2.24) is 5.32 Å². The number of amides is 1. The van der Waals surface area contributed by atoms with Gasteiger partial charge >= 0.3 is 0 Å². The molecule has 24 heavy (non-hydrogen) atoms. The normalized spacial score (nSPS) is 17.2. The molecular weight excluding hydrogens is 330 g/mol. The minimum Gasteiger partial charge on any atom is -0.395 e. The van der Waals surface area contributed by atoms with Crippen LogP contribution >= 0.6 is 0 Å². The molecule has 0 saturated carbocycles. The van der Waals surface area contributed by atoms with Gasteiger partial charge in [-0.05, 0) is 23.8 Å². The first-order valence-corrected chi connectivity index (χ1v) is 9.31. The van der Waals surface area contributed by atoms with Crippen LogP contribution in [0.4, 0.5) is 5.69 Å². The van der Waals surface area contributed by atoms with E-state index in [1.165, 1.54) is 6.08 Å². The van der Waals surface area contributed by atoms with E-state index in [-0.39, 0.29) is 30.4 Å². The van der Waals surface area contributed by atoms with E-state index in [9.17, 15) is 13.2 Å². The smallest absolute Gasteiger partial charge is 0.250 e. The van der Waals surface area contributed by atoms with Crippen molar-refractivity contribution in [1.29, 1.82) is 0 Å². The average molecular weight is 349 g/mol. The Morgan fingerprint density at radius 1 is 1.29 bits per heavy atom. The zero-order valence-electron chi connectivity index (χ0n) is 13.1. The van der Waals surface area contributed by atoms with Gasteiger partial charge in [-0.1, -0.05) is 12.1 Å². The second kappa shape index (κ2) is 7.95. The molecule has 7 nitrogen and oxygen atoms in total. The summed E-state index contributed by atoms with van der Waals surface area (Å²) in [6.45, 7) is 7.93. The van der Waals surface area contributed by atoms with E-state index in [2.05, 4.69) is 10.2 Å². The highest BCUT2D eigenvalue weighted by Crippen LogP contribution is 2.19. The molecule has 0 atom stereocenters. The van der Waals surface area contributed by atoms with Crippen LogP contribution in [0, 0.1) is 6.57 Å². The number of aliphatic hydroxyl groups is 1. The van der Waals surface area contributed by atoms with Gasteiger partial charge in [0.05, 0.1) is 24.7 Å². The van der Waals surface area contributed by atoms with E-state index >= 15 is 0 Å². The van der Waals surface area contributed by atoms with Gasteiger partial charge in [0, 0.05) is 25.3 Å². The fourth-order valence-electron chi connectivity index (χ4n) is 2.32. The largest absolute Gasteiger partial charge is 0.395 e. The summed E-state index contributed by atoms with van der Waals surface area (Å²) >= 11 is 0. The Kier molecular flexibility index (Phi) is 5.95. The van der Waals surface area contributed by atoms with E-state index in [1.54, 1.807) is 12.1 Å². The molecule has 1 aliphatic heterocycles. The predicted molar refractivity (Wildman–Crippen MR) is 92.0 cm³/mol. The standard InChI is InChI=1S/C16H19N3O4S/c1-17-15(16(21)18-6-9-20)12-13-2-4-14(5-3-13)19-7-10-24(22,23)11-8-19/h2-5,12,20H,6-11H2,(H,18,21)/b15-12-. The maximum atomic E-state index is 11.7. The first-order chi connectivity index (χ1) is 11.4. The van der Waals surface area contributed by atoms with Gasteiger partial charge < -0.3 is 15.3 Å². The number of rotatable bonds is 5. The van der Waals surface area contributed by atoms with Crippen molar-refractivity contribution in [3.8, 4) is 0 Å². The second-order valence-electron chi connectivity index (χ2n) is 5.35. The molecule has 1 saturated heterocycles. The molecule has 1 aromatic carbocycles. The highest BCUT2D eigenvalue weighted by atomic mass is 32.2. The highest BCUT2D eigenvalue weighted by Gasteiger charge is 2.21. The number of nitrogens with zero attached hydrogens (tertiary/aromatic N) is 2. The lowest BCUT2D eigenvalue weighted by Gasteiger charge is -2.28. The van der Waals surface area contributed by atoms with Gasteiger partial charge in [-0.3, -0.25) is 4.79 Å². The summed E-state index contributed by atoms with van der Waals surface area (Å²) in [5.41, 5.74) is 1.56. The van der Waals surface area contributed by atoms with Crippen molar-refractivity contribution in [2.75, 3.05) is 42.6 Å². The molecule has 128 valence electrons. The van der Waals surface area contributed by atoms with Crippen molar-refractivity contribution in [3.05, 3.63) is 46.9 Å². The van der Waals surface area contributed by atoms with Crippen molar-refractivity contribution in [2.24, 2.45) is 0 Å². The van der Waals surface area contributed by atoms with Crippen LogP contribution in [0.15, 0.2) is 30.0 Å². The van der Waals surface area contributed by atoms with Crippen LogP contribution in [0.2, 0.25) is 0 Å². The summed E-state index contributed by atoms with van der Waals surface area (Å²) in [6, 6.07) is 7.25. The van der Waals surface area contributed by atoms with Gasteiger partial charge in [-0.2, -0.15) is 0 Å². The van der Waals surface area contributed by atoms with E-state index in [0.29, 0.717) is 18.7 Å². The Labute approximate surface area is 141 Å². The third-order valence-electron chi connectivity index (χ3n) is 3.66. The SMILES string of the molecule is [C-]#[N+]/C(=C\c1ccc(N2CCS(=O)(=O)CC2)cc1)C(=O)NCCO. The Morgan fingerprint density at radius 2 is 1.92 bits per heavy atom. The number of hydrogen-bond acceptors (Lipinski definition) is 5. The Bertz CT molecular complexity index is 750. The van der Waals surface area contributed by atoms with Crippen molar-refractivity contribution in [3.63, 3.8) is 0 Å². The third-order valence-corrected chi connectivity index (χ3v) is 5.27. The fraction of sp³-hybridized carbons (Fsp3) is 0.375. The molecule has 1 fully saturated rings. The monoisotopic (exact) mass is 349 g/mol. The van der Waals surface area contributed by atoms with Gasteiger partial charge in [0.1, 0.15) is 0 Å². The molecule has 2 N–H and O–H groups in total. The molecule has 0 aromatic heterocycles. The summed E-state index contributed by atoms with van der Waals surface area (Å²) in [4.78, 5) is 16.9. The summed E-state index contributed by atoms with van der Waals surface area (Å²) in [5.74, 6) is -0.215. The van der Waals surface area contributed by atoms with Crippen LogP contribution in [0.3, 0.4) is 0 Å². The molecule has 0 aliphatic carbocycles. The van der Waals surface area contributed by atoms with E-state index in [0.717, 1.165) is 5.69 Å². The van der Waals surface area contributed by atoms with Gasteiger partial charge in [0.15, 0.2) is 9.84 Å². The summed E-state index contributed by atoms with van der Waals surface area (Å²) in [5, 5.41) is 11.1. The van der Waals surface area contributed by atoms with E-state index in [4.69, 9.17) is 11.7 Å². The predicted octanol–water partition coefficient (Wildman–Crippen LogP) is 0.290. The van der Waals surface area contributed by atoms with Crippen LogP contribution in [-0.4, -0.2) is 57.2 Å². The zero-order valence-corrected chi connectivity index (χ0v) is 13.9. The van der Waals surface area contributed by atoms with Crippen molar-refractivity contribution < 1.29 is 18.3 Å². The number of nitrogens with one attached hydrogen (secondary N) is 1. The highest BCUT2D eigenvalue weighted by molar-refractivity contribution is 7.91. The zero-order chi connectivity index (χ0) is 17.6. The van der Waals surface area contributed by atoms with Gasteiger partial charge in [-0.25, -0.2) is 13.3 Å². The number of aliphatic hydroxyl groups excluding tert-OH is 1. The van der Waals surface area contributed by atoms with Crippen LogP contribution in [0.1, 0.15) is 5.56 Å². The minimum atomic E-state index is -2.92. The molecule has 0 unspecified atom stereocenters. The number of carbonyl (C=O) groups is 1. The molecule has 8 heteroatoms. The maximum Gasteiger partial charge on any atom is 0.250 e. The molecule has 1 aliphatic rings. The number of carbonyl (C=O) groups excluding carboxylic acids is 1. The van der Waals surface area contributed by atoms with Crippen LogP contribution in [0.5, 0.6) is 0 Å². The van der Waals surface area contributed by atoms with Gasteiger partial charge in [0.2, 0.25) is 5.91 Å². The number of sulfone groups is 1. The topological polar surface area (TPSA) is 91.1 Å². The molecular formula is C16H19N3O4S. The lowest BCUT2D eigenvalue weighted by molar-refractivity contribution is -0.117. The van der Waals surface area contributed by atoms with Gasteiger partial charge in [0.25, 0.3) is 5.70 Å². The first-order valence-electron chi connectivity index (χ1n) is 7.49. The molecule has 1 amide bonds. The number of benzene rings is 1. The summed E-state index contributed by atoms with van der Waals surface area (Å²) in [6.07, 6.45) is 1.48. The van der Waals surface area contributed by atoms with Crippen LogP contribution in [-0.2, 0) is 14.6 Å². The quantitative estimate of drug-likeness (QED) is 0.589. The van der Waals surface area contributed by atoms with Crippen molar-refractivity contribution in [2.45, 2.75) is 0 Å². The Hall–Kier alpha value is -2.37. The fourth-order valence-corrected chi connectivity index (χ4v) is 3.52. The van der Waals surface area contributed by atoms with E-state index in [1.807, 2.05) is 17.0 Å². The molecule has 0 bridgehead atoms. The molecule has 0 spiro atoms. The number of hydrogen-bond donors (Lipinski definition) is 2. The molecule has 0 radical (unpaired) electrons. The summed E-state index contributed by atoms with van der Waals surface area (Å²) in [7, 11) is -2.92. The minimum absolute atomic E-state index is 0.0553. The number of anilines is 1. The van der Waals surface area contributed by atoms with E-state index < -0.39 is 15.7 Å². The van der Waals surface area contributed by atoms with Crippen molar-refractivity contribution >= 4 is 27.5 Å². The van der Waals surface area contributed by atoms with Crippen LogP contribution < -0.4 is 10.2 Å². The molecule has 1 aromatic rings.